The van der Waals surface area contributed by atoms with E-state index in [1.165, 1.54) is 127 Å². The second-order valence-electron chi connectivity index (χ2n) is 30.5. The van der Waals surface area contributed by atoms with E-state index in [1.807, 2.05) is 0 Å². The Morgan fingerprint density at radius 3 is 1.23 bits per heavy atom. The van der Waals surface area contributed by atoms with Crippen LogP contribution in [0.3, 0.4) is 0 Å². The molecule has 84 heavy (non-hydrogen) atoms. The SMILES string of the molecule is CC(C)(C)c1cc(-c2cc(C(C)(C)C)cc(C(C)(C)C)c2)cc(N(c2ccc(C(C)(C)C)cc2-c2ccc(-c3ccccc3)cc2)c2ccc3ccc4c(-n5c6ccc(C(C)(C)C)cc6c6cc(C(C)(C)C)ccc65)ccc5ccc2c3c54)c1. The minimum Gasteiger partial charge on any atom is -0.309 e. The van der Waals surface area contributed by atoms with Gasteiger partial charge in [0.25, 0.3) is 0 Å². The molecule has 0 N–H and O–H groups in total. The molecule has 12 rings (SSSR count). The van der Waals surface area contributed by atoms with E-state index in [1.54, 1.807) is 0 Å². The van der Waals surface area contributed by atoms with E-state index in [4.69, 9.17) is 0 Å². The van der Waals surface area contributed by atoms with E-state index in [-0.39, 0.29) is 32.5 Å². The first-order chi connectivity index (χ1) is 39.4. The number of anilines is 3. The lowest BCUT2D eigenvalue weighted by Crippen LogP contribution is -2.18. The van der Waals surface area contributed by atoms with E-state index in [2.05, 4.69) is 328 Å². The Labute approximate surface area is 501 Å². The third-order valence-corrected chi connectivity index (χ3v) is 18.0. The Balaban J connectivity index is 1.16. The normalized spacial score (nSPS) is 13.1. The van der Waals surface area contributed by atoms with Crippen molar-refractivity contribution in [3.8, 4) is 39.1 Å². The van der Waals surface area contributed by atoms with Crippen molar-refractivity contribution in [1.82, 2.24) is 4.57 Å². The number of benzene rings is 11. The molecule has 0 saturated carbocycles. The average molecular weight is 1100 g/mol. The molecule has 1 heterocycles. The number of aromatic nitrogens is 1. The number of fused-ring (bicyclic) bond motifs is 3. The molecule has 0 saturated heterocycles. The first-order valence-corrected chi connectivity index (χ1v) is 30.6. The van der Waals surface area contributed by atoms with Crippen molar-refractivity contribution in [3.63, 3.8) is 0 Å². The summed E-state index contributed by atoms with van der Waals surface area (Å²) in [4.78, 5) is 2.61. The van der Waals surface area contributed by atoms with Gasteiger partial charge in [0.2, 0.25) is 0 Å². The molecule has 0 aliphatic heterocycles. The molecule has 0 spiro atoms. The lowest BCUT2D eigenvalue weighted by Gasteiger charge is -2.33. The fraction of sp³-hybridized carbons (Fsp3) is 0.293. The number of rotatable bonds is 7. The molecule has 12 aromatic rings. The zero-order valence-electron chi connectivity index (χ0n) is 53.4. The maximum Gasteiger partial charge on any atom is 0.0541 e. The Kier molecular flexibility index (Phi) is 13.4. The first-order valence-electron chi connectivity index (χ1n) is 30.6. The topological polar surface area (TPSA) is 8.17 Å². The molecular weight excluding hydrogens is 1010 g/mol. The van der Waals surface area contributed by atoms with Crippen molar-refractivity contribution in [1.29, 1.82) is 0 Å². The van der Waals surface area contributed by atoms with Crippen LogP contribution in [0.2, 0.25) is 0 Å². The third-order valence-electron chi connectivity index (χ3n) is 18.0. The summed E-state index contributed by atoms with van der Waals surface area (Å²) in [5.74, 6) is 0. The predicted octanol–water partition coefficient (Wildman–Crippen LogP) is 23.9. The minimum atomic E-state index is -0.161. The van der Waals surface area contributed by atoms with Crippen molar-refractivity contribution in [2.75, 3.05) is 4.90 Å². The summed E-state index contributed by atoms with van der Waals surface area (Å²) >= 11 is 0. The van der Waals surface area contributed by atoms with E-state index in [9.17, 15) is 0 Å². The minimum absolute atomic E-state index is 0.00792. The monoisotopic (exact) mass is 1100 g/mol. The van der Waals surface area contributed by atoms with Crippen LogP contribution in [0.25, 0.3) is 93.2 Å². The maximum absolute atomic E-state index is 2.61. The summed E-state index contributed by atoms with van der Waals surface area (Å²) < 4.78 is 2.55. The second-order valence-corrected chi connectivity index (χ2v) is 30.5. The van der Waals surface area contributed by atoms with Crippen LogP contribution in [-0.2, 0) is 32.5 Å². The lowest BCUT2D eigenvalue weighted by molar-refractivity contribution is 0.569. The quantitative estimate of drug-likeness (QED) is 0.144. The van der Waals surface area contributed by atoms with Crippen LogP contribution in [0, 0.1) is 0 Å². The van der Waals surface area contributed by atoms with Crippen molar-refractivity contribution >= 4 is 71.2 Å². The highest BCUT2D eigenvalue weighted by molar-refractivity contribution is 6.27. The van der Waals surface area contributed by atoms with Crippen molar-refractivity contribution in [2.45, 2.75) is 157 Å². The summed E-state index contributed by atoms with van der Waals surface area (Å²) in [6.07, 6.45) is 0. The molecule has 424 valence electrons. The maximum atomic E-state index is 2.61. The lowest BCUT2D eigenvalue weighted by atomic mass is 9.78. The Hall–Kier alpha value is -7.94. The summed E-state index contributed by atoms with van der Waals surface area (Å²) in [5.41, 5.74) is 22.0. The fourth-order valence-corrected chi connectivity index (χ4v) is 12.7. The van der Waals surface area contributed by atoms with Gasteiger partial charge in [0, 0.05) is 32.8 Å². The van der Waals surface area contributed by atoms with Gasteiger partial charge in [-0.25, -0.2) is 0 Å². The van der Waals surface area contributed by atoms with Gasteiger partial charge in [0.05, 0.1) is 28.1 Å². The summed E-state index contributed by atoms with van der Waals surface area (Å²) in [6, 6.07) is 75.5. The Morgan fingerprint density at radius 2 is 0.690 bits per heavy atom. The van der Waals surface area contributed by atoms with Gasteiger partial charge in [0.15, 0.2) is 0 Å². The first kappa shape index (κ1) is 56.5. The van der Waals surface area contributed by atoms with Crippen LogP contribution in [0.4, 0.5) is 17.1 Å². The Bertz CT molecular complexity index is 4400. The largest absolute Gasteiger partial charge is 0.309 e. The Morgan fingerprint density at radius 1 is 0.274 bits per heavy atom. The molecule has 11 aromatic carbocycles. The summed E-state index contributed by atoms with van der Waals surface area (Å²) in [5, 5.41) is 10.1. The van der Waals surface area contributed by atoms with E-state index in [0.29, 0.717) is 0 Å². The highest BCUT2D eigenvalue weighted by Crippen LogP contribution is 2.51. The smallest absolute Gasteiger partial charge is 0.0541 e. The predicted molar refractivity (Wildman–Crippen MR) is 368 cm³/mol. The van der Waals surface area contributed by atoms with Gasteiger partial charge in [-0.05, 0) is 176 Å². The zero-order valence-corrected chi connectivity index (χ0v) is 53.4. The molecule has 0 atom stereocenters. The molecule has 0 fully saturated rings. The van der Waals surface area contributed by atoms with E-state index >= 15 is 0 Å². The van der Waals surface area contributed by atoms with Crippen molar-refractivity contribution in [2.24, 2.45) is 0 Å². The second kappa shape index (κ2) is 19.8. The molecule has 0 aliphatic rings. The highest BCUT2D eigenvalue weighted by atomic mass is 15.1. The van der Waals surface area contributed by atoms with E-state index in [0.717, 1.165) is 17.1 Å². The van der Waals surface area contributed by atoms with Crippen LogP contribution >= 0.6 is 0 Å². The van der Waals surface area contributed by atoms with Crippen LogP contribution in [0.15, 0.2) is 194 Å². The standard InChI is InChI=1S/C82H86N2/c1-77(2,3)58-32-39-72(67(48-58)53-26-24-52(25-27-53)51-22-20-19-21-23-51)83(64-45-57(44-63(47-64)82(16,17)18)56-42-61(80(10,11)12)46-62(43-56)81(13,14)15)70-37-30-54-29-36-66-71(38-31-55-28-35-65(70)75(54)76(55)66)84-73-40-33-59(78(4,5)6)49-68(73)69-50-60(79(7,8)9)34-41-74(69)84/h19-50H,1-18H3. The van der Waals surface area contributed by atoms with Gasteiger partial charge in [-0.1, -0.05) is 258 Å². The summed E-state index contributed by atoms with van der Waals surface area (Å²) in [7, 11) is 0. The van der Waals surface area contributed by atoms with Gasteiger partial charge in [-0.3, -0.25) is 0 Å². The van der Waals surface area contributed by atoms with Gasteiger partial charge in [-0.2, -0.15) is 0 Å². The fourth-order valence-electron chi connectivity index (χ4n) is 12.7. The zero-order chi connectivity index (χ0) is 59.8. The van der Waals surface area contributed by atoms with Crippen LogP contribution in [-0.4, -0.2) is 4.57 Å². The third kappa shape index (κ3) is 10.2. The van der Waals surface area contributed by atoms with Gasteiger partial charge in [-0.15, -0.1) is 0 Å². The molecule has 1 aromatic heterocycles. The number of nitrogens with zero attached hydrogens (tertiary/aromatic N) is 2. The van der Waals surface area contributed by atoms with E-state index < -0.39 is 0 Å². The van der Waals surface area contributed by atoms with Crippen molar-refractivity contribution < 1.29 is 0 Å². The average Bonchev–Trinajstić information content (AvgIpc) is 1.62. The van der Waals surface area contributed by atoms with Crippen LogP contribution in [0.1, 0.15) is 158 Å². The highest BCUT2D eigenvalue weighted by Gasteiger charge is 2.29. The molecular formula is C82H86N2. The van der Waals surface area contributed by atoms with Gasteiger partial charge >= 0.3 is 0 Å². The molecule has 2 heteroatoms. The van der Waals surface area contributed by atoms with Crippen LogP contribution < -0.4 is 4.90 Å². The number of hydrogen-bond donors (Lipinski definition) is 0. The molecule has 2 nitrogen and oxygen atoms in total. The number of hydrogen-bond acceptors (Lipinski definition) is 1. The molecule has 0 unspecified atom stereocenters. The molecule has 0 aliphatic carbocycles. The summed E-state index contributed by atoms with van der Waals surface area (Å²) in [6.45, 7) is 42.1. The van der Waals surface area contributed by atoms with Gasteiger partial charge in [0.1, 0.15) is 0 Å². The van der Waals surface area contributed by atoms with Crippen molar-refractivity contribution in [3.05, 3.63) is 228 Å². The molecule has 0 bridgehead atoms. The van der Waals surface area contributed by atoms with Crippen LogP contribution in [0.5, 0.6) is 0 Å². The molecule has 0 radical (unpaired) electrons. The van der Waals surface area contributed by atoms with Gasteiger partial charge < -0.3 is 9.47 Å². The molecule has 0 amide bonds.